The molecule has 20 heavy (non-hydrogen) atoms. The van der Waals surface area contributed by atoms with Gasteiger partial charge < -0.3 is 4.74 Å². The van der Waals surface area contributed by atoms with Crippen molar-refractivity contribution < 1.29 is 9.53 Å². The third-order valence-corrected chi connectivity index (χ3v) is 3.56. The summed E-state index contributed by atoms with van der Waals surface area (Å²) in [5, 5.41) is 0. The van der Waals surface area contributed by atoms with E-state index in [9.17, 15) is 4.79 Å². The number of allylic oxidation sites excluding steroid dienone is 1. The molecular formula is C17H23NO2. The minimum atomic E-state index is -0.137. The molecule has 0 aliphatic heterocycles. The van der Waals surface area contributed by atoms with Crippen molar-refractivity contribution in [3.05, 3.63) is 48.0 Å². The molecule has 1 aromatic rings. The highest BCUT2D eigenvalue weighted by atomic mass is 16.5. The second kappa shape index (κ2) is 7.85. The molecule has 0 spiro atoms. The Labute approximate surface area is 121 Å². The summed E-state index contributed by atoms with van der Waals surface area (Å²) in [5.74, 6) is -0.137. The Morgan fingerprint density at radius 1 is 1.35 bits per heavy atom. The number of hydrogen-bond donors (Lipinski definition) is 0. The largest absolute Gasteiger partial charge is 0.465 e. The van der Waals surface area contributed by atoms with Crippen molar-refractivity contribution in [1.29, 1.82) is 0 Å². The van der Waals surface area contributed by atoms with Gasteiger partial charge in [-0.15, -0.1) is 0 Å². The summed E-state index contributed by atoms with van der Waals surface area (Å²) < 4.78 is 5.10. The Bertz CT molecular complexity index is 442. The quantitative estimate of drug-likeness (QED) is 0.589. The molecule has 3 nitrogen and oxygen atoms in total. The number of esters is 1. The molecular weight excluding hydrogens is 250 g/mol. The average molecular weight is 273 g/mol. The van der Waals surface area contributed by atoms with E-state index in [1.54, 1.807) is 0 Å². The zero-order valence-corrected chi connectivity index (χ0v) is 12.1. The van der Waals surface area contributed by atoms with Crippen LogP contribution in [0.5, 0.6) is 0 Å². The Kier molecular flexibility index (Phi) is 5.81. The van der Waals surface area contributed by atoms with E-state index in [1.807, 2.05) is 25.1 Å². The Morgan fingerprint density at radius 3 is 2.80 bits per heavy atom. The molecule has 0 N–H and O–H groups in total. The van der Waals surface area contributed by atoms with E-state index in [-0.39, 0.29) is 5.97 Å². The molecule has 0 amide bonds. The summed E-state index contributed by atoms with van der Waals surface area (Å²) >= 11 is 0. The molecule has 3 heteroatoms. The summed E-state index contributed by atoms with van der Waals surface area (Å²) in [4.78, 5) is 14.0. The van der Waals surface area contributed by atoms with Crippen LogP contribution in [0.1, 0.15) is 31.7 Å². The van der Waals surface area contributed by atoms with Crippen LogP contribution in [-0.4, -0.2) is 30.1 Å². The molecule has 0 saturated carbocycles. The Hall–Kier alpha value is -1.61. The average Bonchev–Trinajstić information content (AvgIpc) is 2.49. The number of carbonyl (C=O) groups excluding carboxylic acids is 1. The third kappa shape index (κ3) is 4.49. The summed E-state index contributed by atoms with van der Waals surface area (Å²) in [7, 11) is 0. The maximum atomic E-state index is 11.8. The van der Waals surface area contributed by atoms with E-state index in [0.29, 0.717) is 19.2 Å². The van der Waals surface area contributed by atoms with E-state index in [1.165, 1.54) is 12.0 Å². The van der Waals surface area contributed by atoms with Gasteiger partial charge in [-0.2, -0.15) is 0 Å². The molecule has 1 aliphatic rings. The van der Waals surface area contributed by atoms with Gasteiger partial charge in [0, 0.05) is 12.6 Å². The van der Waals surface area contributed by atoms with Crippen LogP contribution >= 0.6 is 0 Å². The molecule has 0 fully saturated rings. The zero-order chi connectivity index (χ0) is 14.2. The monoisotopic (exact) mass is 273 g/mol. The predicted molar refractivity (Wildman–Crippen MR) is 80.3 cm³/mol. The number of nitrogens with zero attached hydrogens (tertiary/aromatic N) is 1. The fraction of sp³-hybridized carbons (Fsp3) is 0.471. The second-order valence-corrected chi connectivity index (χ2v) is 5.12. The lowest BCUT2D eigenvalue weighted by atomic mass is 10.0. The van der Waals surface area contributed by atoms with E-state index in [2.05, 4.69) is 29.2 Å². The normalized spacial score (nSPS) is 18.2. The maximum Gasteiger partial charge on any atom is 0.320 e. The van der Waals surface area contributed by atoms with Crippen LogP contribution in [0, 0.1) is 0 Å². The molecule has 1 atom stereocenters. The predicted octanol–water partition coefficient (Wildman–Crippen LogP) is 3.16. The fourth-order valence-corrected chi connectivity index (χ4v) is 2.58. The van der Waals surface area contributed by atoms with Crippen molar-refractivity contribution in [3.63, 3.8) is 0 Å². The van der Waals surface area contributed by atoms with Gasteiger partial charge in [-0.05, 0) is 31.7 Å². The number of ether oxygens (including phenoxy) is 1. The topological polar surface area (TPSA) is 29.5 Å². The molecule has 0 aromatic heterocycles. The van der Waals surface area contributed by atoms with E-state index in [0.717, 1.165) is 19.4 Å². The van der Waals surface area contributed by atoms with Gasteiger partial charge in [-0.1, -0.05) is 42.5 Å². The van der Waals surface area contributed by atoms with E-state index >= 15 is 0 Å². The van der Waals surface area contributed by atoms with Crippen LogP contribution in [0.15, 0.2) is 42.5 Å². The highest BCUT2D eigenvalue weighted by Gasteiger charge is 2.21. The van der Waals surface area contributed by atoms with Crippen molar-refractivity contribution in [2.75, 3.05) is 13.2 Å². The van der Waals surface area contributed by atoms with Gasteiger partial charge in [0.15, 0.2) is 0 Å². The lowest BCUT2D eigenvalue weighted by Crippen LogP contribution is -2.38. The molecule has 0 bridgehead atoms. The van der Waals surface area contributed by atoms with Gasteiger partial charge in [0.1, 0.15) is 0 Å². The van der Waals surface area contributed by atoms with Crippen molar-refractivity contribution in [1.82, 2.24) is 4.90 Å². The lowest BCUT2D eigenvalue weighted by Gasteiger charge is -2.30. The number of carbonyl (C=O) groups is 1. The van der Waals surface area contributed by atoms with E-state index < -0.39 is 0 Å². The number of rotatable bonds is 6. The Balaban J connectivity index is 2.04. The maximum absolute atomic E-state index is 11.8. The highest BCUT2D eigenvalue weighted by molar-refractivity contribution is 5.71. The first-order valence-electron chi connectivity index (χ1n) is 7.40. The fourth-order valence-electron chi connectivity index (χ4n) is 2.58. The molecule has 0 saturated heterocycles. The minimum Gasteiger partial charge on any atom is -0.465 e. The van der Waals surface area contributed by atoms with Gasteiger partial charge in [0.05, 0.1) is 13.2 Å². The van der Waals surface area contributed by atoms with Crippen molar-refractivity contribution in [2.24, 2.45) is 0 Å². The molecule has 2 rings (SSSR count). The van der Waals surface area contributed by atoms with Crippen LogP contribution in [0.4, 0.5) is 0 Å². The SMILES string of the molecule is CCOC(=O)CN(Cc1ccccc1)C1C=CCCC1. The summed E-state index contributed by atoms with van der Waals surface area (Å²) in [6.45, 7) is 3.44. The molecule has 1 aromatic carbocycles. The van der Waals surface area contributed by atoms with Gasteiger partial charge in [-0.25, -0.2) is 0 Å². The van der Waals surface area contributed by atoms with Gasteiger partial charge in [0.25, 0.3) is 0 Å². The number of hydrogen-bond acceptors (Lipinski definition) is 3. The standard InChI is InChI=1S/C17H23NO2/c1-2-20-17(19)14-18(16-11-7-4-8-12-16)13-15-9-5-3-6-10-15/h3,5-7,9-11,16H,2,4,8,12-14H2,1H3. The minimum absolute atomic E-state index is 0.137. The smallest absolute Gasteiger partial charge is 0.320 e. The van der Waals surface area contributed by atoms with E-state index in [4.69, 9.17) is 4.74 Å². The van der Waals surface area contributed by atoms with Crippen molar-refractivity contribution >= 4 is 5.97 Å². The van der Waals surface area contributed by atoms with Crippen molar-refractivity contribution in [3.8, 4) is 0 Å². The van der Waals surface area contributed by atoms with Gasteiger partial charge >= 0.3 is 5.97 Å². The first kappa shape index (κ1) is 14.8. The van der Waals surface area contributed by atoms with Crippen LogP contribution in [0.2, 0.25) is 0 Å². The first-order valence-corrected chi connectivity index (χ1v) is 7.40. The van der Waals surface area contributed by atoms with Crippen LogP contribution in [-0.2, 0) is 16.1 Å². The summed E-state index contributed by atoms with van der Waals surface area (Å²) in [6.07, 6.45) is 7.90. The highest BCUT2D eigenvalue weighted by Crippen LogP contribution is 2.18. The molecule has 0 heterocycles. The third-order valence-electron chi connectivity index (χ3n) is 3.56. The first-order chi connectivity index (χ1) is 9.79. The Morgan fingerprint density at radius 2 is 2.15 bits per heavy atom. The molecule has 108 valence electrons. The van der Waals surface area contributed by atoms with Gasteiger partial charge in [-0.3, -0.25) is 9.69 Å². The summed E-state index contributed by atoms with van der Waals surface area (Å²) in [5.41, 5.74) is 1.23. The van der Waals surface area contributed by atoms with Crippen LogP contribution in [0.3, 0.4) is 0 Å². The van der Waals surface area contributed by atoms with Crippen LogP contribution in [0.25, 0.3) is 0 Å². The lowest BCUT2D eigenvalue weighted by molar-refractivity contribution is -0.145. The molecule has 0 radical (unpaired) electrons. The zero-order valence-electron chi connectivity index (χ0n) is 12.1. The van der Waals surface area contributed by atoms with Gasteiger partial charge in [0.2, 0.25) is 0 Å². The summed E-state index contributed by atoms with van der Waals surface area (Å²) in [6, 6.07) is 10.6. The molecule has 1 aliphatic carbocycles. The number of benzene rings is 1. The van der Waals surface area contributed by atoms with Crippen LogP contribution < -0.4 is 0 Å². The second-order valence-electron chi connectivity index (χ2n) is 5.12. The van der Waals surface area contributed by atoms with Crippen molar-refractivity contribution in [2.45, 2.75) is 38.8 Å². The molecule has 1 unspecified atom stereocenters.